The number of rotatable bonds is 6. The van der Waals surface area contributed by atoms with Crippen LogP contribution < -0.4 is 10.1 Å². The van der Waals surface area contributed by atoms with Gasteiger partial charge in [-0.3, -0.25) is 4.79 Å². The highest BCUT2D eigenvalue weighted by molar-refractivity contribution is 6.05. The number of fused-ring (bicyclic) bond motifs is 3. The van der Waals surface area contributed by atoms with Crippen molar-refractivity contribution in [2.45, 2.75) is 19.8 Å². The number of nitrogens with zero attached hydrogens (tertiary/aromatic N) is 1. The minimum atomic E-state index is -0.0859. The molecule has 1 fully saturated rings. The highest BCUT2D eigenvalue weighted by Crippen LogP contribution is 2.31. The van der Waals surface area contributed by atoms with Gasteiger partial charge in [0.15, 0.2) is 6.61 Å². The summed E-state index contributed by atoms with van der Waals surface area (Å²) < 4.78 is 11.5. The van der Waals surface area contributed by atoms with E-state index in [4.69, 9.17) is 9.15 Å². The third-order valence-electron chi connectivity index (χ3n) is 5.21. The molecule has 5 heteroatoms. The average molecular weight is 366 g/mol. The molecule has 1 atom stereocenters. The van der Waals surface area contributed by atoms with Gasteiger partial charge >= 0.3 is 0 Å². The van der Waals surface area contributed by atoms with Crippen molar-refractivity contribution in [1.29, 1.82) is 0 Å². The van der Waals surface area contributed by atoms with Crippen LogP contribution >= 0.6 is 0 Å². The first-order valence-electron chi connectivity index (χ1n) is 9.72. The summed E-state index contributed by atoms with van der Waals surface area (Å²) in [6.45, 7) is 6.15. The van der Waals surface area contributed by atoms with Crippen molar-refractivity contribution in [2.75, 3.05) is 32.8 Å². The van der Waals surface area contributed by atoms with Gasteiger partial charge in [-0.15, -0.1) is 0 Å². The molecule has 2 aromatic carbocycles. The van der Waals surface area contributed by atoms with Crippen molar-refractivity contribution < 1.29 is 13.9 Å². The molecule has 4 rings (SSSR count). The summed E-state index contributed by atoms with van der Waals surface area (Å²) in [5.41, 5.74) is 1.68. The van der Waals surface area contributed by atoms with E-state index >= 15 is 0 Å². The van der Waals surface area contributed by atoms with Gasteiger partial charge in [0.25, 0.3) is 5.91 Å². The highest BCUT2D eigenvalue weighted by Gasteiger charge is 2.16. The second-order valence-corrected chi connectivity index (χ2v) is 7.44. The van der Waals surface area contributed by atoms with E-state index in [1.54, 1.807) is 0 Å². The predicted octanol–water partition coefficient (Wildman–Crippen LogP) is 3.81. The molecule has 0 radical (unpaired) electrons. The minimum Gasteiger partial charge on any atom is -0.484 e. The van der Waals surface area contributed by atoms with E-state index in [-0.39, 0.29) is 12.5 Å². The summed E-state index contributed by atoms with van der Waals surface area (Å²) in [5, 5.41) is 5.01. The largest absolute Gasteiger partial charge is 0.484 e. The summed E-state index contributed by atoms with van der Waals surface area (Å²) in [5.74, 6) is 1.35. The normalized spacial score (nSPS) is 18.0. The molecule has 3 aromatic rings. The fourth-order valence-electron chi connectivity index (χ4n) is 3.84. The predicted molar refractivity (Wildman–Crippen MR) is 107 cm³/mol. The van der Waals surface area contributed by atoms with Gasteiger partial charge in [-0.1, -0.05) is 25.1 Å². The maximum absolute atomic E-state index is 12.1. The molecule has 142 valence electrons. The number of hydrogen-bond acceptors (Lipinski definition) is 4. The number of ether oxygens (including phenoxy) is 1. The number of hydrogen-bond donors (Lipinski definition) is 1. The van der Waals surface area contributed by atoms with Gasteiger partial charge in [-0.2, -0.15) is 0 Å². The molecule has 2 heterocycles. The Morgan fingerprint density at radius 1 is 1.22 bits per heavy atom. The minimum absolute atomic E-state index is 0.0255. The number of likely N-dealkylation sites (tertiary alicyclic amines) is 1. The van der Waals surface area contributed by atoms with Gasteiger partial charge in [-0.05, 0) is 49.6 Å². The lowest BCUT2D eigenvalue weighted by atomic mass is 10.0. The molecule has 0 unspecified atom stereocenters. The molecule has 1 aliphatic heterocycles. The SMILES string of the molecule is C[C@H]1CCCN(CCNC(=O)COc2ccc3oc4ccccc4c3c2)C1. The molecule has 0 aliphatic carbocycles. The third-order valence-corrected chi connectivity index (χ3v) is 5.21. The number of carbonyl (C=O) groups excluding carboxylic acids is 1. The lowest BCUT2D eigenvalue weighted by Crippen LogP contribution is -2.41. The van der Waals surface area contributed by atoms with Gasteiger partial charge in [0.1, 0.15) is 16.9 Å². The highest BCUT2D eigenvalue weighted by atomic mass is 16.5. The molecular weight excluding hydrogens is 340 g/mol. The van der Waals surface area contributed by atoms with E-state index in [0.29, 0.717) is 12.3 Å². The second-order valence-electron chi connectivity index (χ2n) is 7.44. The first-order valence-corrected chi connectivity index (χ1v) is 9.72. The van der Waals surface area contributed by atoms with Crippen LogP contribution in [0.4, 0.5) is 0 Å². The Morgan fingerprint density at radius 3 is 2.96 bits per heavy atom. The average Bonchev–Trinajstić information content (AvgIpc) is 3.04. The molecular formula is C22H26N2O3. The van der Waals surface area contributed by atoms with Crippen molar-refractivity contribution in [1.82, 2.24) is 10.2 Å². The van der Waals surface area contributed by atoms with E-state index in [1.165, 1.54) is 12.8 Å². The Labute approximate surface area is 159 Å². The zero-order valence-electron chi connectivity index (χ0n) is 15.7. The van der Waals surface area contributed by atoms with Crippen LogP contribution in [0.15, 0.2) is 46.9 Å². The number of para-hydroxylation sites is 1. The monoisotopic (exact) mass is 366 g/mol. The molecule has 0 spiro atoms. The molecule has 1 amide bonds. The molecule has 1 saturated heterocycles. The van der Waals surface area contributed by atoms with Crippen LogP contribution in [0.25, 0.3) is 21.9 Å². The van der Waals surface area contributed by atoms with E-state index in [2.05, 4.69) is 17.1 Å². The maximum atomic E-state index is 12.1. The maximum Gasteiger partial charge on any atom is 0.257 e. The fraction of sp³-hybridized carbons (Fsp3) is 0.409. The Bertz CT molecular complexity index is 934. The summed E-state index contributed by atoms with van der Waals surface area (Å²) in [4.78, 5) is 14.5. The van der Waals surface area contributed by atoms with E-state index < -0.39 is 0 Å². The number of furan rings is 1. The van der Waals surface area contributed by atoms with Gasteiger partial charge < -0.3 is 19.4 Å². The first kappa shape index (κ1) is 17.9. The molecule has 0 bridgehead atoms. The molecule has 5 nitrogen and oxygen atoms in total. The van der Waals surface area contributed by atoms with Crippen LogP contribution in [-0.2, 0) is 4.79 Å². The van der Waals surface area contributed by atoms with Crippen molar-refractivity contribution in [2.24, 2.45) is 5.92 Å². The number of amides is 1. The smallest absolute Gasteiger partial charge is 0.257 e. The zero-order chi connectivity index (χ0) is 18.6. The van der Waals surface area contributed by atoms with Crippen LogP contribution in [0, 0.1) is 5.92 Å². The van der Waals surface area contributed by atoms with Crippen molar-refractivity contribution in [3.8, 4) is 5.75 Å². The van der Waals surface area contributed by atoms with Gasteiger partial charge in [0.2, 0.25) is 0 Å². The topological polar surface area (TPSA) is 54.7 Å². The Morgan fingerprint density at radius 2 is 2.07 bits per heavy atom. The fourth-order valence-corrected chi connectivity index (χ4v) is 3.84. The third kappa shape index (κ3) is 4.25. The Kier molecular flexibility index (Phi) is 5.30. The van der Waals surface area contributed by atoms with Crippen LogP contribution in [0.1, 0.15) is 19.8 Å². The molecule has 0 saturated carbocycles. The summed E-state index contributed by atoms with van der Waals surface area (Å²) in [6, 6.07) is 13.6. The van der Waals surface area contributed by atoms with E-state index in [1.807, 2.05) is 42.5 Å². The van der Waals surface area contributed by atoms with E-state index in [0.717, 1.165) is 47.5 Å². The second kappa shape index (κ2) is 8.01. The summed E-state index contributed by atoms with van der Waals surface area (Å²) in [6.07, 6.45) is 2.57. The molecule has 1 N–H and O–H groups in total. The van der Waals surface area contributed by atoms with Crippen molar-refractivity contribution >= 4 is 27.8 Å². The number of nitrogens with one attached hydrogen (secondary N) is 1. The lowest BCUT2D eigenvalue weighted by molar-refractivity contribution is -0.123. The molecule has 1 aliphatic rings. The van der Waals surface area contributed by atoms with Crippen molar-refractivity contribution in [3.63, 3.8) is 0 Å². The number of piperidine rings is 1. The van der Waals surface area contributed by atoms with Crippen LogP contribution in [0.3, 0.4) is 0 Å². The Balaban J connectivity index is 1.29. The standard InChI is InChI=1S/C22H26N2O3/c1-16-5-4-11-24(14-16)12-10-23-22(25)15-26-17-8-9-21-19(13-17)18-6-2-3-7-20(18)27-21/h2-3,6-9,13,16H,4-5,10-12,14-15H2,1H3,(H,23,25)/t16-/m0/s1. The van der Waals surface area contributed by atoms with Crippen LogP contribution in [0.2, 0.25) is 0 Å². The van der Waals surface area contributed by atoms with Gasteiger partial charge in [0.05, 0.1) is 0 Å². The first-order chi connectivity index (χ1) is 13.2. The Hall–Kier alpha value is -2.53. The number of benzene rings is 2. The van der Waals surface area contributed by atoms with Crippen molar-refractivity contribution in [3.05, 3.63) is 42.5 Å². The summed E-state index contributed by atoms with van der Waals surface area (Å²) in [7, 11) is 0. The quantitative estimate of drug-likeness (QED) is 0.721. The van der Waals surface area contributed by atoms with Crippen LogP contribution in [-0.4, -0.2) is 43.6 Å². The van der Waals surface area contributed by atoms with E-state index in [9.17, 15) is 4.79 Å². The van der Waals surface area contributed by atoms with Gasteiger partial charge in [-0.25, -0.2) is 0 Å². The molecule has 27 heavy (non-hydrogen) atoms. The number of carbonyl (C=O) groups is 1. The molecule has 1 aromatic heterocycles. The lowest BCUT2D eigenvalue weighted by Gasteiger charge is -2.30. The van der Waals surface area contributed by atoms with Gasteiger partial charge in [0, 0.05) is 30.4 Å². The zero-order valence-corrected chi connectivity index (χ0v) is 15.7. The summed E-state index contributed by atoms with van der Waals surface area (Å²) >= 11 is 0. The van der Waals surface area contributed by atoms with Crippen LogP contribution in [0.5, 0.6) is 5.75 Å².